The molecule has 5 heteroatoms. The minimum absolute atomic E-state index is 0.119. The first-order valence-electron chi connectivity index (χ1n) is 12.7. The molecule has 1 atom stereocenters. The van der Waals surface area contributed by atoms with E-state index >= 15 is 0 Å². The lowest BCUT2D eigenvalue weighted by Crippen LogP contribution is -2.45. The van der Waals surface area contributed by atoms with Gasteiger partial charge in [-0.15, -0.1) is 0 Å². The molecule has 0 aliphatic heterocycles. The fourth-order valence-electron chi connectivity index (χ4n) is 3.73. The number of benzene rings is 1. The standard InChI is InChI=1S/C27H44FNO3/c1-4-5-6-7-8-9-10-11-12-13-14-15-16-20-32-27(31)25(22(2)3)29-26(30)23-18-17-19-24(28)21-23/h17-19,21-22,25H,4-16,20H2,1-3H3,(H,29,30). The van der Waals surface area contributed by atoms with E-state index in [9.17, 15) is 14.0 Å². The second-order valence-electron chi connectivity index (χ2n) is 9.12. The molecule has 0 saturated carbocycles. The highest BCUT2D eigenvalue weighted by Crippen LogP contribution is 2.13. The average Bonchev–Trinajstić information content (AvgIpc) is 2.77. The minimum Gasteiger partial charge on any atom is -0.464 e. The molecule has 1 aromatic rings. The molecule has 0 bridgehead atoms. The Labute approximate surface area is 194 Å². The van der Waals surface area contributed by atoms with Crippen LogP contribution in [0.1, 0.15) is 115 Å². The number of esters is 1. The molecule has 0 fully saturated rings. The van der Waals surface area contributed by atoms with Crippen LogP contribution in [-0.4, -0.2) is 24.5 Å². The van der Waals surface area contributed by atoms with Crippen molar-refractivity contribution in [2.45, 2.75) is 110 Å². The molecule has 1 N–H and O–H groups in total. The Bertz CT molecular complexity index is 648. The zero-order valence-corrected chi connectivity index (χ0v) is 20.5. The normalized spacial score (nSPS) is 12.0. The summed E-state index contributed by atoms with van der Waals surface area (Å²) in [6.07, 6.45) is 16.5. The Morgan fingerprint density at radius 1 is 0.875 bits per heavy atom. The summed E-state index contributed by atoms with van der Waals surface area (Å²) in [4.78, 5) is 24.8. The Morgan fingerprint density at radius 3 is 1.91 bits per heavy atom. The van der Waals surface area contributed by atoms with Gasteiger partial charge in [0, 0.05) is 5.56 Å². The molecule has 0 radical (unpaired) electrons. The summed E-state index contributed by atoms with van der Waals surface area (Å²) >= 11 is 0. The number of carbonyl (C=O) groups excluding carboxylic acids is 2. The molecule has 0 saturated heterocycles. The highest BCUT2D eigenvalue weighted by Gasteiger charge is 2.26. The lowest BCUT2D eigenvalue weighted by molar-refractivity contribution is -0.147. The van der Waals surface area contributed by atoms with Crippen molar-refractivity contribution in [3.8, 4) is 0 Å². The van der Waals surface area contributed by atoms with Crippen LogP contribution >= 0.6 is 0 Å². The average molecular weight is 450 g/mol. The maximum atomic E-state index is 13.3. The van der Waals surface area contributed by atoms with Crippen molar-refractivity contribution in [1.29, 1.82) is 0 Å². The molecular formula is C27H44FNO3. The van der Waals surface area contributed by atoms with E-state index in [0.29, 0.717) is 6.61 Å². The zero-order chi connectivity index (χ0) is 23.6. The van der Waals surface area contributed by atoms with E-state index in [-0.39, 0.29) is 11.5 Å². The van der Waals surface area contributed by atoms with Crippen LogP contribution in [0.5, 0.6) is 0 Å². The van der Waals surface area contributed by atoms with Crippen molar-refractivity contribution < 1.29 is 18.7 Å². The lowest BCUT2D eigenvalue weighted by atomic mass is 10.0. The first-order valence-corrected chi connectivity index (χ1v) is 12.7. The summed E-state index contributed by atoms with van der Waals surface area (Å²) in [6, 6.07) is 4.69. The van der Waals surface area contributed by atoms with Crippen LogP contribution in [0, 0.1) is 11.7 Å². The third-order valence-corrected chi connectivity index (χ3v) is 5.79. The quantitative estimate of drug-likeness (QED) is 0.190. The van der Waals surface area contributed by atoms with Crippen molar-refractivity contribution in [2.24, 2.45) is 5.92 Å². The van der Waals surface area contributed by atoms with E-state index in [2.05, 4.69) is 12.2 Å². The number of amides is 1. The zero-order valence-electron chi connectivity index (χ0n) is 20.5. The largest absolute Gasteiger partial charge is 0.464 e. The molecule has 1 rings (SSSR count). The van der Waals surface area contributed by atoms with Gasteiger partial charge >= 0.3 is 5.97 Å². The monoisotopic (exact) mass is 449 g/mol. The molecule has 0 spiro atoms. The van der Waals surface area contributed by atoms with Gasteiger partial charge in [0.15, 0.2) is 0 Å². The molecule has 0 aliphatic rings. The topological polar surface area (TPSA) is 55.4 Å². The summed E-state index contributed by atoms with van der Waals surface area (Å²) < 4.78 is 18.7. The summed E-state index contributed by atoms with van der Waals surface area (Å²) in [6.45, 7) is 6.32. The van der Waals surface area contributed by atoms with Crippen LogP contribution in [-0.2, 0) is 9.53 Å². The first-order chi connectivity index (χ1) is 15.5. The fourth-order valence-corrected chi connectivity index (χ4v) is 3.73. The van der Waals surface area contributed by atoms with Gasteiger partial charge in [-0.05, 0) is 30.5 Å². The van der Waals surface area contributed by atoms with Crippen LogP contribution in [0.15, 0.2) is 24.3 Å². The minimum atomic E-state index is -0.743. The van der Waals surface area contributed by atoms with Crippen LogP contribution in [0.4, 0.5) is 4.39 Å². The van der Waals surface area contributed by atoms with Gasteiger partial charge in [0.25, 0.3) is 5.91 Å². The Balaban J connectivity index is 2.12. The number of carbonyl (C=O) groups is 2. The smallest absolute Gasteiger partial charge is 0.328 e. The number of hydrogen-bond acceptors (Lipinski definition) is 3. The van der Waals surface area contributed by atoms with E-state index in [0.717, 1.165) is 25.3 Å². The van der Waals surface area contributed by atoms with Gasteiger partial charge in [0.2, 0.25) is 0 Å². The number of nitrogens with one attached hydrogen (secondary N) is 1. The van der Waals surface area contributed by atoms with Crippen LogP contribution < -0.4 is 5.32 Å². The van der Waals surface area contributed by atoms with Gasteiger partial charge in [0.1, 0.15) is 11.9 Å². The second kappa shape index (κ2) is 17.6. The molecule has 1 amide bonds. The van der Waals surface area contributed by atoms with Crippen LogP contribution in [0.2, 0.25) is 0 Å². The van der Waals surface area contributed by atoms with Crippen molar-refractivity contribution in [3.05, 3.63) is 35.6 Å². The van der Waals surface area contributed by atoms with Gasteiger partial charge in [-0.2, -0.15) is 0 Å². The van der Waals surface area contributed by atoms with Crippen molar-refractivity contribution in [2.75, 3.05) is 6.61 Å². The lowest BCUT2D eigenvalue weighted by Gasteiger charge is -2.21. The molecule has 32 heavy (non-hydrogen) atoms. The number of ether oxygens (including phenoxy) is 1. The number of halogens is 1. The number of hydrogen-bond donors (Lipinski definition) is 1. The van der Waals surface area contributed by atoms with Crippen molar-refractivity contribution in [3.63, 3.8) is 0 Å². The highest BCUT2D eigenvalue weighted by molar-refractivity contribution is 5.96. The van der Waals surface area contributed by atoms with E-state index in [1.807, 2.05) is 13.8 Å². The predicted molar refractivity (Wildman–Crippen MR) is 129 cm³/mol. The number of unbranched alkanes of at least 4 members (excludes halogenated alkanes) is 12. The molecule has 0 heterocycles. The molecule has 0 aromatic heterocycles. The third kappa shape index (κ3) is 12.8. The summed E-state index contributed by atoms with van der Waals surface area (Å²) in [5.41, 5.74) is 0.194. The summed E-state index contributed by atoms with van der Waals surface area (Å²) in [5.74, 6) is -1.50. The van der Waals surface area contributed by atoms with E-state index in [4.69, 9.17) is 4.74 Å². The molecule has 182 valence electrons. The second-order valence-corrected chi connectivity index (χ2v) is 9.12. The van der Waals surface area contributed by atoms with E-state index in [1.54, 1.807) is 0 Å². The van der Waals surface area contributed by atoms with Gasteiger partial charge in [-0.25, -0.2) is 9.18 Å². The Morgan fingerprint density at radius 2 is 1.41 bits per heavy atom. The predicted octanol–water partition coefficient (Wildman–Crippen LogP) is 7.21. The summed E-state index contributed by atoms with van der Waals surface area (Å²) in [5, 5.41) is 2.68. The molecule has 0 aliphatic carbocycles. The Kier molecular flexibility index (Phi) is 15.5. The maximum Gasteiger partial charge on any atom is 0.328 e. The highest BCUT2D eigenvalue weighted by atomic mass is 19.1. The molecule has 1 unspecified atom stereocenters. The van der Waals surface area contributed by atoms with Crippen molar-refractivity contribution in [1.82, 2.24) is 5.32 Å². The SMILES string of the molecule is CCCCCCCCCCCCCCCOC(=O)C(NC(=O)c1cccc(F)c1)C(C)C. The third-order valence-electron chi connectivity index (χ3n) is 5.79. The molecular weight excluding hydrogens is 405 g/mol. The van der Waals surface area contributed by atoms with E-state index in [1.165, 1.54) is 82.4 Å². The molecule has 1 aromatic carbocycles. The fraction of sp³-hybridized carbons (Fsp3) is 0.704. The van der Waals surface area contributed by atoms with Crippen LogP contribution in [0.3, 0.4) is 0 Å². The van der Waals surface area contributed by atoms with Gasteiger partial charge in [-0.1, -0.05) is 104 Å². The molecule has 4 nitrogen and oxygen atoms in total. The number of rotatable bonds is 18. The van der Waals surface area contributed by atoms with Gasteiger partial charge < -0.3 is 10.1 Å². The van der Waals surface area contributed by atoms with Crippen LogP contribution in [0.25, 0.3) is 0 Å². The van der Waals surface area contributed by atoms with E-state index < -0.39 is 23.7 Å². The first kappa shape index (κ1) is 28.1. The summed E-state index contributed by atoms with van der Waals surface area (Å²) in [7, 11) is 0. The van der Waals surface area contributed by atoms with Crippen molar-refractivity contribution >= 4 is 11.9 Å². The maximum absolute atomic E-state index is 13.3. The Hall–Kier alpha value is -1.91. The van der Waals surface area contributed by atoms with Gasteiger partial charge in [0.05, 0.1) is 6.61 Å². The van der Waals surface area contributed by atoms with Gasteiger partial charge in [-0.3, -0.25) is 4.79 Å².